The van der Waals surface area contributed by atoms with Gasteiger partial charge in [-0.2, -0.15) is 13.2 Å². The Morgan fingerprint density at radius 1 is 1.11 bits per heavy atom. The first-order valence-corrected chi connectivity index (χ1v) is 7.08. The molecule has 1 atom stereocenters. The van der Waals surface area contributed by atoms with E-state index in [4.69, 9.17) is 0 Å². The third-order valence-corrected chi connectivity index (χ3v) is 3.56. The molecule has 0 radical (unpaired) electrons. The molecule has 0 aliphatic carbocycles. The highest BCUT2D eigenvalue weighted by Gasteiger charge is 2.32. The summed E-state index contributed by atoms with van der Waals surface area (Å²) in [5.74, 6) is 0. The Hall–Kier alpha value is -0.330. The van der Waals surface area contributed by atoms with E-state index in [0.717, 1.165) is 26.1 Å². The number of halogens is 3. The summed E-state index contributed by atoms with van der Waals surface area (Å²) in [6, 6.07) is 0.871. The minimum atomic E-state index is -4.08. The molecule has 0 spiro atoms. The van der Waals surface area contributed by atoms with Gasteiger partial charge in [-0.3, -0.25) is 9.80 Å². The first-order valence-electron chi connectivity index (χ1n) is 7.08. The average Bonchev–Trinajstić information content (AvgIpc) is 2.29. The maximum absolute atomic E-state index is 12.3. The molecule has 0 amide bonds. The summed E-state index contributed by atoms with van der Waals surface area (Å²) in [7, 11) is 0. The van der Waals surface area contributed by atoms with Crippen LogP contribution in [0.3, 0.4) is 0 Å². The Bertz CT molecular complexity index is 248. The fourth-order valence-corrected chi connectivity index (χ4v) is 2.44. The fourth-order valence-electron chi connectivity index (χ4n) is 2.44. The van der Waals surface area contributed by atoms with E-state index in [-0.39, 0.29) is 0 Å². The molecule has 1 aliphatic heterocycles. The molecule has 0 aromatic carbocycles. The average molecular weight is 281 g/mol. The minimum Gasteiger partial charge on any atom is -0.313 e. The number of nitrogens with zero attached hydrogens (tertiary/aromatic N) is 2. The molecule has 0 saturated carbocycles. The molecule has 1 aliphatic rings. The molecule has 1 saturated heterocycles. The van der Waals surface area contributed by atoms with E-state index < -0.39 is 12.7 Å². The lowest BCUT2D eigenvalue weighted by molar-refractivity contribution is -0.149. The maximum atomic E-state index is 12.3. The van der Waals surface area contributed by atoms with Gasteiger partial charge in [0.2, 0.25) is 0 Å². The second kappa shape index (κ2) is 7.45. The first-order chi connectivity index (χ1) is 8.81. The number of nitrogens with one attached hydrogen (secondary N) is 1. The van der Waals surface area contributed by atoms with Gasteiger partial charge in [0.1, 0.15) is 0 Å². The van der Waals surface area contributed by atoms with Gasteiger partial charge in [0, 0.05) is 44.8 Å². The van der Waals surface area contributed by atoms with Crippen LogP contribution in [0.2, 0.25) is 0 Å². The van der Waals surface area contributed by atoms with E-state index in [1.54, 1.807) is 0 Å². The highest BCUT2D eigenvalue weighted by atomic mass is 19.4. The lowest BCUT2D eigenvalue weighted by Crippen LogP contribution is -2.54. The summed E-state index contributed by atoms with van der Waals surface area (Å²) in [4.78, 5) is 3.81. The van der Waals surface area contributed by atoms with E-state index in [9.17, 15) is 13.2 Å². The Labute approximate surface area is 114 Å². The van der Waals surface area contributed by atoms with E-state index in [1.165, 1.54) is 4.90 Å². The Balaban J connectivity index is 2.34. The van der Waals surface area contributed by atoms with E-state index in [0.29, 0.717) is 25.2 Å². The van der Waals surface area contributed by atoms with Crippen molar-refractivity contribution in [3.63, 3.8) is 0 Å². The summed E-state index contributed by atoms with van der Waals surface area (Å²) < 4.78 is 36.9. The second-order valence-electron chi connectivity index (χ2n) is 5.55. The molecular weight excluding hydrogens is 255 g/mol. The quantitative estimate of drug-likeness (QED) is 0.803. The lowest BCUT2D eigenvalue weighted by atomic mass is 10.1. The van der Waals surface area contributed by atoms with Gasteiger partial charge in [0.05, 0.1) is 6.54 Å². The van der Waals surface area contributed by atoms with E-state index in [2.05, 4.69) is 31.0 Å². The molecule has 1 N–H and O–H groups in total. The molecule has 0 bridgehead atoms. The van der Waals surface area contributed by atoms with Gasteiger partial charge < -0.3 is 5.32 Å². The van der Waals surface area contributed by atoms with Crippen molar-refractivity contribution in [2.45, 2.75) is 45.5 Å². The van der Waals surface area contributed by atoms with Crippen molar-refractivity contribution in [2.24, 2.45) is 0 Å². The summed E-state index contributed by atoms with van der Waals surface area (Å²) in [5, 5.41) is 3.41. The molecule has 1 rings (SSSR count). The zero-order valence-corrected chi connectivity index (χ0v) is 12.1. The van der Waals surface area contributed by atoms with Crippen molar-refractivity contribution in [3.8, 4) is 0 Å². The number of alkyl halides is 3. The van der Waals surface area contributed by atoms with Crippen molar-refractivity contribution >= 4 is 0 Å². The van der Waals surface area contributed by atoms with Crippen LogP contribution >= 0.6 is 0 Å². The van der Waals surface area contributed by atoms with Gasteiger partial charge in [0.25, 0.3) is 0 Å². The number of hydrogen-bond acceptors (Lipinski definition) is 3. The highest BCUT2D eigenvalue weighted by Crippen LogP contribution is 2.18. The van der Waals surface area contributed by atoms with E-state index >= 15 is 0 Å². The Kier molecular flexibility index (Phi) is 6.56. The van der Waals surface area contributed by atoms with Crippen LogP contribution in [0.5, 0.6) is 0 Å². The predicted octanol–water partition coefficient (Wildman–Crippen LogP) is 1.94. The standard InChI is InChI=1S/C13H26F3N3/c1-4-12(9-17-11(2)3)19-7-5-18(6-8-19)10-13(14,15)16/h11-12,17H,4-10H2,1-3H3. The first kappa shape index (κ1) is 16.7. The van der Waals surface area contributed by atoms with Crippen molar-refractivity contribution < 1.29 is 13.2 Å². The summed E-state index contributed by atoms with van der Waals surface area (Å²) in [6.07, 6.45) is -3.05. The van der Waals surface area contributed by atoms with Crippen LogP contribution < -0.4 is 5.32 Å². The van der Waals surface area contributed by atoms with Gasteiger partial charge in [0.15, 0.2) is 0 Å². The predicted molar refractivity (Wildman–Crippen MR) is 71.3 cm³/mol. The Morgan fingerprint density at radius 3 is 2.11 bits per heavy atom. The van der Waals surface area contributed by atoms with Crippen LogP contribution in [-0.4, -0.2) is 67.3 Å². The van der Waals surface area contributed by atoms with Crippen molar-refractivity contribution in [3.05, 3.63) is 0 Å². The van der Waals surface area contributed by atoms with Crippen molar-refractivity contribution in [2.75, 3.05) is 39.3 Å². The Morgan fingerprint density at radius 2 is 1.68 bits per heavy atom. The third-order valence-electron chi connectivity index (χ3n) is 3.56. The van der Waals surface area contributed by atoms with Crippen LogP contribution in [0.15, 0.2) is 0 Å². The van der Waals surface area contributed by atoms with Gasteiger partial charge in [-0.15, -0.1) is 0 Å². The molecule has 19 heavy (non-hydrogen) atoms. The maximum Gasteiger partial charge on any atom is 0.401 e. The largest absolute Gasteiger partial charge is 0.401 e. The SMILES string of the molecule is CCC(CNC(C)C)N1CCN(CC(F)(F)F)CC1. The molecule has 0 aromatic heterocycles. The number of piperazine rings is 1. The fraction of sp³-hybridized carbons (Fsp3) is 1.00. The number of rotatable bonds is 6. The second-order valence-corrected chi connectivity index (χ2v) is 5.55. The molecule has 114 valence electrons. The molecule has 1 fully saturated rings. The molecule has 6 heteroatoms. The molecular formula is C13H26F3N3. The monoisotopic (exact) mass is 281 g/mol. The summed E-state index contributed by atoms with van der Waals surface area (Å²) in [5.41, 5.74) is 0. The topological polar surface area (TPSA) is 18.5 Å². The van der Waals surface area contributed by atoms with E-state index in [1.807, 2.05) is 0 Å². The van der Waals surface area contributed by atoms with Crippen LogP contribution in [0.25, 0.3) is 0 Å². The van der Waals surface area contributed by atoms with Gasteiger partial charge in [-0.1, -0.05) is 20.8 Å². The normalized spacial score (nSPS) is 21.0. The van der Waals surface area contributed by atoms with Crippen LogP contribution in [0, 0.1) is 0 Å². The third kappa shape index (κ3) is 6.58. The molecule has 1 heterocycles. The molecule has 0 aromatic rings. The van der Waals surface area contributed by atoms with Crippen molar-refractivity contribution in [1.82, 2.24) is 15.1 Å². The summed E-state index contributed by atoms with van der Waals surface area (Å²) >= 11 is 0. The van der Waals surface area contributed by atoms with Gasteiger partial charge >= 0.3 is 6.18 Å². The van der Waals surface area contributed by atoms with Gasteiger partial charge in [-0.25, -0.2) is 0 Å². The number of hydrogen-bond donors (Lipinski definition) is 1. The zero-order valence-electron chi connectivity index (χ0n) is 12.1. The van der Waals surface area contributed by atoms with Gasteiger partial charge in [-0.05, 0) is 6.42 Å². The highest BCUT2D eigenvalue weighted by molar-refractivity contribution is 4.80. The molecule has 1 unspecified atom stereocenters. The van der Waals surface area contributed by atoms with Crippen molar-refractivity contribution in [1.29, 1.82) is 0 Å². The van der Waals surface area contributed by atoms with Crippen LogP contribution in [0.1, 0.15) is 27.2 Å². The summed E-state index contributed by atoms with van der Waals surface area (Å²) in [6.45, 7) is 8.96. The lowest BCUT2D eigenvalue weighted by Gasteiger charge is -2.39. The smallest absolute Gasteiger partial charge is 0.313 e. The van der Waals surface area contributed by atoms with Crippen LogP contribution in [0.4, 0.5) is 13.2 Å². The zero-order chi connectivity index (χ0) is 14.5. The molecule has 3 nitrogen and oxygen atoms in total. The minimum absolute atomic E-state index is 0.426. The van der Waals surface area contributed by atoms with Crippen LogP contribution in [-0.2, 0) is 0 Å².